The van der Waals surface area contributed by atoms with Gasteiger partial charge < -0.3 is 19.5 Å². The van der Waals surface area contributed by atoms with Crippen molar-refractivity contribution in [2.75, 3.05) is 11.9 Å². The molecule has 28 heavy (non-hydrogen) atoms. The summed E-state index contributed by atoms with van der Waals surface area (Å²) < 4.78 is 6.54. The van der Waals surface area contributed by atoms with Crippen LogP contribution in [0.5, 0.6) is 0 Å². The van der Waals surface area contributed by atoms with E-state index in [-0.39, 0.29) is 11.4 Å². The molecule has 4 rings (SSSR count). The minimum Gasteiger partial charge on any atom is -0.423 e. The molecule has 0 unspecified atom stereocenters. The molecular weight excluding hydrogens is 361 g/mol. The van der Waals surface area contributed by atoms with Crippen molar-refractivity contribution in [3.05, 3.63) is 60.4 Å². The Hall–Kier alpha value is -3.50. The highest BCUT2D eigenvalue weighted by atomic mass is 16.5. The molecule has 10 heteroatoms. The predicted molar refractivity (Wildman–Crippen MR) is 102 cm³/mol. The summed E-state index contributed by atoms with van der Waals surface area (Å²) in [5.41, 5.74) is 2.44. The van der Waals surface area contributed by atoms with Crippen LogP contribution in [0.25, 0.3) is 17.0 Å². The van der Waals surface area contributed by atoms with E-state index in [4.69, 9.17) is 4.52 Å². The number of carbonyl (C=O) groups excluding carboxylic acids is 1. The third-order valence-electron chi connectivity index (χ3n) is 4.37. The van der Waals surface area contributed by atoms with E-state index in [0.717, 1.165) is 5.56 Å². The molecule has 9 nitrogen and oxygen atoms in total. The van der Waals surface area contributed by atoms with E-state index in [0.29, 0.717) is 28.7 Å². The number of imidazole rings is 1. The zero-order valence-corrected chi connectivity index (χ0v) is 15.1. The fraction of sp³-hybridized carbons (Fsp3) is 0.111. The number of hydrogen-bond acceptors (Lipinski definition) is 7. The molecule has 0 aliphatic rings. The molecule has 0 aliphatic heterocycles. The van der Waals surface area contributed by atoms with E-state index >= 15 is 0 Å². The summed E-state index contributed by atoms with van der Waals surface area (Å²) in [6.45, 7) is 1.71. The fourth-order valence-electron chi connectivity index (χ4n) is 2.87. The molecule has 0 atom stereocenters. The number of amides is 1. The maximum Gasteiger partial charge on any atom is 0.489 e. The molecule has 0 bridgehead atoms. The summed E-state index contributed by atoms with van der Waals surface area (Å²) in [7, 11) is 0.00939. The van der Waals surface area contributed by atoms with Crippen molar-refractivity contribution in [1.29, 1.82) is 0 Å². The van der Waals surface area contributed by atoms with Gasteiger partial charge >= 0.3 is 7.12 Å². The third-order valence-corrected chi connectivity index (χ3v) is 4.37. The van der Waals surface area contributed by atoms with Gasteiger partial charge in [-0.1, -0.05) is 23.4 Å². The van der Waals surface area contributed by atoms with E-state index < -0.39 is 7.12 Å². The van der Waals surface area contributed by atoms with Crippen LogP contribution in [0, 0.1) is 6.92 Å². The topological polar surface area (TPSA) is 117 Å². The van der Waals surface area contributed by atoms with Crippen LogP contribution in [0.2, 0.25) is 0 Å². The van der Waals surface area contributed by atoms with Gasteiger partial charge in [0.2, 0.25) is 11.7 Å². The molecule has 140 valence electrons. The van der Waals surface area contributed by atoms with Crippen LogP contribution in [-0.2, 0) is 0 Å². The van der Waals surface area contributed by atoms with Crippen molar-refractivity contribution in [3.8, 4) is 11.4 Å². The summed E-state index contributed by atoms with van der Waals surface area (Å²) in [5, 5.41) is 22.7. The lowest BCUT2D eigenvalue weighted by atomic mass is 9.82. The lowest BCUT2D eigenvalue weighted by Gasteiger charge is -2.17. The first kappa shape index (κ1) is 17.9. The quantitative estimate of drug-likeness (QED) is 0.502. The zero-order valence-electron chi connectivity index (χ0n) is 15.1. The molecule has 0 radical (unpaired) electrons. The fourth-order valence-corrected chi connectivity index (χ4v) is 2.87. The second kappa shape index (κ2) is 6.91. The molecule has 2 N–H and O–H groups in total. The summed E-state index contributed by atoms with van der Waals surface area (Å²) in [5.74, 6) is 0.590. The van der Waals surface area contributed by atoms with Gasteiger partial charge in [0.15, 0.2) is 0 Å². The van der Waals surface area contributed by atoms with Gasteiger partial charge in [0, 0.05) is 31.4 Å². The van der Waals surface area contributed by atoms with Crippen LogP contribution < -0.4 is 10.4 Å². The molecule has 0 spiro atoms. The van der Waals surface area contributed by atoms with E-state index in [1.165, 1.54) is 21.7 Å². The van der Waals surface area contributed by atoms with Crippen LogP contribution in [-0.4, -0.2) is 49.6 Å². The first-order valence-electron chi connectivity index (χ1n) is 8.46. The molecule has 3 heterocycles. The van der Waals surface area contributed by atoms with Gasteiger partial charge in [0.05, 0.1) is 6.20 Å². The minimum absolute atomic E-state index is 0.261. The highest BCUT2D eigenvalue weighted by Gasteiger charge is 2.20. The summed E-state index contributed by atoms with van der Waals surface area (Å²) in [4.78, 5) is 22.9. The number of benzene rings is 1. The molecule has 0 fully saturated rings. The van der Waals surface area contributed by atoms with Crippen molar-refractivity contribution >= 4 is 29.8 Å². The lowest BCUT2D eigenvalue weighted by Crippen LogP contribution is -2.32. The summed E-state index contributed by atoms with van der Waals surface area (Å²) in [6, 6.07) is 10.4. The zero-order chi connectivity index (χ0) is 19.8. The molecule has 3 aromatic heterocycles. The Morgan fingerprint density at radius 1 is 1.25 bits per heavy atom. The summed E-state index contributed by atoms with van der Waals surface area (Å²) >= 11 is 0. The number of fused-ring (bicyclic) bond motifs is 1. The Morgan fingerprint density at radius 2 is 2.07 bits per heavy atom. The van der Waals surface area contributed by atoms with Gasteiger partial charge in [-0.15, -0.1) is 0 Å². The number of hydrogen-bond donors (Lipinski definition) is 2. The summed E-state index contributed by atoms with van der Waals surface area (Å²) in [6.07, 6.45) is 2.93. The number of nitrogens with zero attached hydrogens (tertiary/aromatic N) is 5. The average Bonchev–Trinajstić information content (AvgIpc) is 3.32. The van der Waals surface area contributed by atoms with Gasteiger partial charge in [-0.25, -0.2) is 4.98 Å². The highest BCUT2D eigenvalue weighted by Crippen LogP contribution is 2.23. The molecule has 1 aromatic carbocycles. The van der Waals surface area contributed by atoms with Gasteiger partial charge in [-0.05, 0) is 23.7 Å². The largest absolute Gasteiger partial charge is 0.489 e. The van der Waals surface area contributed by atoms with Crippen LogP contribution >= 0.6 is 0 Å². The molecular formula is C18H16BN5O4. The Bertz CT molecular complexity index is 1170. The SMILES string of the molecule is Cc1nc(-c2cccc(N(C)C(=O)c3cnc4ccc(B(O)O)cn34)c2)no1. The molecule has 1 amide bonds. The van der Waals surface area contributed by atoms with Crippen LogP contribution in [0.15, 0.2) is 53.3 Å². The number of anilines is 1. The third kappa shape index (κ3) is 3.15. The normalized spacial score (nSPS) is 11.0. The van der Waals surface area contributed by atoms with Crippen LogP contribution in [0.1, 0.15) is 16.4 Å². The van der Waals surface area contributed by atoms with Crippen LogP contribution in [0.3, 0.4) is 0 Å². The second-order valence-corrected chi connectivity index (χ2v) is 6.26. The Morgan fingerprint density at radius 3 is 2.79 bits per heavy atom. The number of aryl methyl sites for hydroxylation is 1. The maximum atomic E-state index is 13.0. The first-order chi connectivity index (χ1) is 13.4. The van der Waals surface area contributed by atoms with Gasteiger partial charge in [-0.2, -0.15) is 4.98 Å². The highest BCUT2D eigenvalue weighted by molar-refractivity contribution is 6.58. The smallest absolute Gasteiger partial charge is 0.423 e. The van der Waals surface area contributed by atoms with E-state index in [2.05, 4.69) is 15.1 Å². The predicted octanol–water partition coefficient (Wildman–Crippen LogP) is 0.649. The number of rotatable bonds is 4. The van der Waals surface area contributed by atoms with Gasteiger partial charge in [-0.3, -0.25) is 9.20 Å². The minimum atomic E-state index is -1.64. The van der Waals surface area contributed by atoms with E-state index in [1.807, 2.05) is 6.07 Å². The average molecular weight is 377 g/mol. The Labute approximate surface area is 160 Å². The number of carbonyl (C=O) groups is 1. The Balaban J connectivity index is 1.69. The molecule has 4 aromatic rings. The monoisotopic (exact) mass is 377 g/mol. The number of pyridine rings is 1. The second-order valence-electron chi connectivity index (χ2n) is 6.26. The molecule has 0 saturated carbocycles. The van der Waals surface area contributed by atoms with Crippen molar-refractivity contribution in [2.45, 2.75) is 6.92 Å². The Kier molecular flexibility index (Phi) is 4.42. The van der Waals surface area contributed by atoms with Gasteiger partial charge in [0.1, 0.15) is 11.3 Å². The number of aromatic nitrogens is 4. The van der Waals surface area contributed by atoms with E-state index in [9.17, 15) is 14.8 Å². The van der Waals surface area contributed by atoms with Crippen molar-refractivity contribution in [1.82, 2.24) is 19.5 Å². The molecule has 0 aliphatic carbocycles. The maximum absolute atomic E-state index is 13.0. The van der Waals surface area contributed by atoms with Crippen LogP contribution in [0.4, 0.5) is 5.69 Å². The van der Waals surface area contributed by atoms with Crippen molar-refractivity contribution in [2.24, 2.45) is 0 Å². The van der Waals surface area contributed by atoms with Crippen molar-refractivity contribution < 1.29 is 19.4 Å². The molecule has 0 saturated heterocycles. The van der Waals surface area contributed by atoms with Crippen molar-refractivity contribution in [3.63, 3.8) is 0 Å². The lowest BCUT2D eigenvalue weighted by molar-refractivity contribution is 0.0987. The first-order valence-corrected chi connectivity index (χ1v) is 8.46. The standard InChI is InChI=1S/C18H16BN5O4/c1-11-21-17(22-28-11)12-4-3-5-14(8-12)23(2)18(25)15-9-20-16-7-6-13(19(26)27)10-24(15)16/h3-10,26-27H,1-2H3. The van der Waals surface area contributed by atoms with E-state index in [1.54, 1.807) is 44.3 Å². The van der Waals surface area contributed by atoms with Gasteiger partial charge in [0.25, 0.3) is 5.91 Å².